The van der Waals surface area contributed by atoms with Crippen LogP contribution in [0.1, 0.15) is 200 Å². The molecule has 0 bridgehead atoms. The van der Waals surface area contributed by atoms with Crippen molar-refractivity contribution in [3.05, 3.63) is 48.6 Å². The van der Waals surface area contributed by atoms with Crippen molar-refractivity contribution in [2.45, 2.75) is 206 Å². The fraction of sp³-hybridized carbons (Fsp3) is 0.814. The molecule has 1 aliphatic carbocycles. The Labute approximate surface area is 278 Å². The highest BCUT2D eigenvalue weighted by atomic mass is 15.1. The van der Waals surface area contributed by atoms with Gasteiger partial charge in [0.1, 0.15) is 0 Å². The first-order valence-corrected chi connectivity index (χ1v) is 19.9. The highest BCUT2D eigenvalue weighted by Gasteiger charge is 2.38. The quantitative estimate of drug-likeness (QED) is 0.0558. The van der Waals surface area contributed by atoms with Crippen LogP contribution in [0.4, 0.5) is 0 Å². The predicted octanol–water partition coefficient (Wildman–Crippen LogP) is 14.5. The minimum absolute atomic E-state index is 0.652. The molecule has 0 radical (unpaired) electrons. The molecular weight excluding hydrogens is 530 g/mol. The molecule has 256 valence electrons. The lowest BCUT2D eigenvalue weighted by Crippen LogP contribution is -2.27. The lowest BCUT2D eigenvalue weighted by atomic mass is 9.76. The summed E-state index contributed by atoms with van der Waals surface area (Å²) in [4.78, 5) is 2.51. The SMILES string of the molecule is CCCCCC=CCC=CCCCCCCCCC1(CCCCCCCCC=CCC=CCCCCC)CCC(N(C)C)C1. The van der Waals surface area contributed by atoms with Crippen molar-refractivity contribution < 1.29 is 0 Å². The second-order valence-electron chi connectivity index (χ2n) is 14.5. The molecule has 0 aromatic heterocycles. The Bertz CT molecular complexity index is 662. The van der Waals surface area contributed by atoms with Crippen molar-refractivity contribution in [3.63, 3.8) is 0 Å². The van der Waals surface area contributed by atoms with Crippen molar-refractivity contribution in [2.75, 3.05) is 14.1 Å². The van der Waals surface area contributed by atoms with Crippen LogP contribution < -0.4 is 0 Å². The van der Waals surface area contributed by atoms with E-state index in [-0.39, 0.29) is 0 Å². The average molecular weight is 610 g/mol. The van der Waals surface area contributed by atoms with Gasteiger partial charge in [0.15, 0.2) is 0 Å². The molecule has 0 heterocycles. The molecule has 1 unspecified atom stereocenters. The molecule has 1 heteroatoms. The van der Waals surface area contributed by atoms with Crippen molar-refractivity contribution in [1.29, 1.82) is 0 Å². The van der Waals surface area contributed by atoms with Gasteiger partial charge in [-0.3, -0.25) is 0 Å². The van der Waals surface area contributed by atoms with Crippen LogP contribution >= 0.6 is 0 Å². The van der Waals surface area contributed by atoms with Crippen LogP contribution in [-0.2, 0) is 0 Å². The van der Waals surface area contributed by atoms with Gasteiger partial charge in [0, 0.05) is 6.04 Å². The first-order chi connectivity index (χ1) is 21.6. The Kier molecular flexibility index (Phi) is 28.4. The summed E-state index contributed by atoms with van der Waals surface area (Å²) in [6.45, 7) is 4.55. The topological polar surface area (TPSA) is 3.24 Å². The molecule has 0 saturated heterocycles. The van der Waals surface area contributed by atoms with Gasteiger partial charge in [-0.1, -0.05) is 152 Å². The summed E-state index contributed by atoms with van der Waals surface area (Å²) < 4.78 is 0. The van der Waals surface area contributed by atoms with Gasteiger partial charge in [-0.25, -0.2) is 0 Å². The van der Waals surface area contributed by atoms with Gasteiger partial charge in [-0.05, 0) is 116 Å². The number of allylic oxidation sites excluding steroid dienone is 8. The molecule has 44 heavy (non-hydrogen) atoms. The zero-order valence-corrected chi connectivity index (χ0v) is 30.6. The summed E-state index contributed by atoms with van der Waals surface area (Å²) in [5.74, 6) is 0. The van der Waals surface area contributed by atoms with E-state index < -0.39 is 0 Å². The Morgan fingerprint density at radius 1 is 0.477 bits per heavy atom. The smallest absolute Gasteiger partial charge is 0.00946 e. The largest absolute Gasteiger partial charge is 0.306 e. The van der Waals surface area contributed by atoms with E-state index in [9.17, 15) is 0 Å². The van der Waals surface area contributed by atoms with Gasteiger partial charge < -0.3 is 4.90 Å². The number of rotatable bonds is 31. The highest BCUT2D eigenvalue weighted by Crippen LogP contribution is 2.47. The summed E-state index contributed by atoms with van der Waals surface area (Å²) in [5.41, 5.74) is 0.652. The predicted molar refractivity (Wildman–Crippen MR) is 202 cm³/mol. The van der Waals surface area contributed by atoms with E-state index in [1.165, 1.54) is 173 Å². The zero-order valence-electron chi connectivity index (χ0n) is 30.6. The fourth-order valence-electron chi connectivity index (χ4n) is 7.17. The number of hydrogen-bond donors (Lipinski definition) is 0. The van der Waals surface area contributed by atoms with E-state index in [2.05, 4.69) is 81.5 Å². The first-order valence-electron chi connectivity index (χ1n) is 19.9. The highest BCUT2D eigenvalue weighted by molar-refractivity contribution is 4.94. The van der Waals surface area contributed by atoms with Gasteiger partial charge >= 0.3 is 0 Å². The maximum atomic E-state index is 2.51. The Hall–Kier alpha value is -1.08. The molecule has 0 aliphatic heterocycles. The average Bonchev–Trinajstić information content (AvgIpc) is 3.45. The molecule has 0 spiro atoms. The standard InChI is InChI=1S/C43H79N/c1-5-7-9-11-13-15-17-19-21-23-25-27-29-31-33-35-38-43(40-37-42(41-43)44(3)4)39-36-34-32-30-28-26-24-22-20-18-16-14-12-10-8-6-2/h13-16,19-22,42H,5-12,17-18,23-41H2,1-4H3. The van der Waals surface area contributed by atoms with E-state index in [1.54, 1.807) is 0 Å². The molecular formula is C43H79N. The minimum Gasteiger partial charge on any atom is -0.306 e. The molecule has 0 N–H and O–H groups in total. The Balaban J connectivity index is 2.09. The molecule has 1 fully saturated rings. The molecule has 0 aromatic carbocycles. The van der Waals surface area contributed by atoms with E-state index >= 15 is 0 Å². The van der Waals surface area contributed by atoms with Crippen LogP contribution in [0.5, 0.6) is 0 Å². The van der Waals surface area contributed by atoms with Crippen molar-refractivity contribution in [1.82, 2.24) is 4.90 Å². The zero-order chi connectivity index (χ0) is 31.8. The van der Waals surface area contributed by atoms with Crippen molar-refractivity contribution in [3.8, 4) is 0 Å². The van der Waals surface area contributed by atoms with Crippen molar-refractivity contribution >= 4 is 0 Å². The van der Waals surface area contributed by atoms with E-state index in [1.807, 2.05) is 0 Å². The van der Waals surface area contributed by atoms with E-state index in [4.69, 9.17) is 0 Å². The summed E-state index contributed by atoms with van der Waals surface area (Å²) in [6, 6.07) is 0.823. The minimum atomic E-state index is 0.652. The lowest BCUT2D eigenvalue weighted by molar-refractivity contribution is 0.201. The fourth-order valence-corrected chi connectivity index (χ4v) is 7.17. The Morgan fingerprint density at radius 2 is 0.841 bits per heavy atom. The maximum Gasteiger partial charge on any atom is 0.00946 e. The van der Waals surface area contributed by atoms with Gasteiger partial charge in [0.25, 0.3) is 0 Å². The number of hydrogen-bond acceptors (Lipinski definition) is 1. The summed E-state index contributed by atoms with van der Waals surface area (Å²) in [6.07, 6.45) is 58.9. The normalized spacial score (nSPS) is 19.3. The molecule has 0 aromatic rings. The maximum absolute atomic E-state index is 2.51. The molecule has 1 rings (SSSR count). The van der Waals surface area contributed by atoms with E-state index in [0.29, 0.717) is 5.41 Å². The van der Waals surface area contributed by atoms with E-state index in [0.717, 1.165) is 18.9 Å². The third-order valence-corrected chi connectivity index (χ3v) is 10.2. The summed E-state index contributed by atoms with van der Waals surface area (Å²) in [5, 5.41) is 0. The van der Waals surface area contributed by atoms with Crippen LogP contribution in [0.3, 0.4) is 0 Å². The van der Waals surface area contributed by atoms with Gasteiger partial charge in [-0.15, -0.1) is 0 Å². The van der Waals surface area contributed by atoms with Crippen LogP contribution in [0.2, 0.25) is 0 Å². The summed E-state index contributed by atoms with van der Waals surface area (Å²) >= 11 is 0. The molecule has 1 aliphatic rings. The molecule has 1 saturated carbocycles. The molecule has 0 amide bonds. The first kappa shape index (κ1) is 40.9. The summed E-state index contributed by atoms with van der Waals surface area (Å²) in [7, 11) is 4.61. The van der Waals surface area contributed by atoms with Gasteiger partial charge in [-0.2, -0.15) is 0 Å². The number of unbranched alkanes of at least 4 members (excludes halogenated alkanes) is 18. The third-order valence-electron chi connectivity index (χ3n) is 10.2. The monoisotopic (exact) mass is 610 g/mol. The second kappa shape index (κ2) is 30.6. The number of nitrogens with zero attached hydrogens (tertiary/aromatic N) is 1. The van der Waals surface area contributed by atoms with Crippen LogP contribution in [0, 0.1) is 5.41 Å². The van der Waals surface area contributed by atoms with Crippen molar-refractivity contribution in [2.24, 2.45) is 5.41 Å². The van der Waals surface area contributed by atoms with Crippen LogP contribution in [-0.4, -0.2) is 25.0 Å². The molecule has 1 nitrogen and oxygen atoms in total. The lowest BCUT2D eigenvalue weighted by Gasteiger charge is -2.31. The van der Waals surface area contributed by atoms with Gasteiger partial charge in [0.2, 0.25) is 0 Å². The second-order valence-corrected chi connectivity index (χ2v) is 14.5. The van der Waals surface area contributed by atoms with Crippen LogP contribution in [0.25, 0.3) is 0 Å². The van der Waals surface area contributed by atoms with Crippen LogP contribution in [0.15, 0.2) is 48.6 Å². The Morgan fingerprint density at radius 3 is 1.20 bits per heavy atom. The van der Waals surface area contributed by atoms with Gasteiger partial charge in [0.05, 0.1) is 0 Å². The third kappa shape index (κ3) is 24.2. The molecule has 1 atom stereocenters.